The van der Waals surface area contributed by atoms with E-state index in [2.05, 4.69) is 0 Å². The van der Waals surface area contributed by atoms with E-state index < -0.39 is 0 Å². The van der Waals surface area contributed by atoms with E-state index in [1.54, 1.807) is 12.1 Å². The monoisotopic (exact) mass is 271 g/mol. The van der Waals surface area contributed by atoms with Gasteiger partial charge in [-0.05, 0) is 33.2 Å². The molecule has 0 radical (unpaired) electrons. The minimum atomic E-state index is 0.297. The first-order chi connectivity index (χ1) is 11.2. The molecule has 4 aromatic carbocycles. The molecule has 0 spiro atoms. The van der Waals surface area contributed by atoms with Crippen molar-refractivity contribution in [3.05, 3.63) is 78.8 Å². The Morgan fingerprint density at radius 1 is 0.667 bits per heavy atom. The van der Waals surface area contributed by atoms with E-state index in [-0.39, 0.29) is 0 Å². The van der Waals surface area contributed by atoms with E-state index in [1.165, 1.54) is 0 Å². The second-order valence-corrected chi connectivity index (χ2v) is 5.10. The smallest absolute Gasteiger partial charge is 0.0645 e. The first-order valence-corrected chi connectivity index (χ1v) is 6.93. The number of hydrogen-bond acceptors (Lipinski definition) is 1. The summed E-state index contributed by atoms with van der Waals surface area (Å²) in [6.07, 6.45) is 0. The van der Waals surface area contributed by atoms with Crippen molar-refractivity contribution in [1.29, 1.82) is 0 Å². The fourth-order valence-corrected chi connectivity index (χ4v) is 2.86. The molecule has 21 heavy (non-hydrogen) atoms. The first-order valence-electron chi connectivity index (χ1n) is 7.93. The molecule has 0 fully saturated rings. The van der Waals surface area contributed by atoms with Gasteiger partial charge in [0.15, 0.2) is 0 Å². The topological polar surface area (TPSA) is 26.0 Å². The van der Waals surface area contributed by atoms with E-state index in [0.29, 0.717) is 17.8 Å². The van der Waals surface area contributed by atoms with Crippen LogP contribution in [0.1, 0.15) is 2.74 Å². The number of rotatable bonds is 1. The fourth-order valence-electron chi connectivity index (χ4n) is 2.86. The lowest BCUT2D eigenvalue weighted by atomic mass is 9.93. The van der Waals surface area contributed by atoms with Crippen LogP contribution in [0.2, 0.25) is 0 Å². The molecule has 1 nitrogen and oxygen atoms in total. The van der Waals surface area contributed by atoms with E-state index in [1.807, 2.05) is 54.6 Å². The van der Waals surface area contributed by atoms with Crippen LogP contribution < -0.4 is 5.73 Å². The van der Waals surface area contributed by atoms with Gasteiger partial charge < -0.3 is 5.73 Å². The summed E-state index contributed by atoms with van der Waals surface area (Å²) in [7, 11) is 0. The minimum Gasteiger partial charge on any atom is -0.398 e. The van der Waals surface area contributed by atoms with Gasteiger partial charge in [-0.25, -0.2) is 0 Å². The highest BCUT2D eigenvalue weighted by Gasteiger charge is 2.10. The van der Waals surface area contributed by atoms with Crippen LogP contribution >= 0.6 is 0 Å². The molecular formula is C20H15N. The van der Waals surface area contributed by atoms with Crippen LogP contribution in [-0.2, 0) is 0 Å². The Morgan fingerprint density at radius 3 is 2.10 bits per heavy atom. The average molecular weight is 271 g/mol. The summed E-state index contributed by atoms with van der Waals surface area (Å²) >= 11 is 0. The van der Waals surface area contributed by atoms with Crippen LogP contribution in [0.3, 0.4) is 0 Å². The van der Waals surface area contributed by atoms with E-state index in [9.17, 15) is 0 Å². The maximum Gasteiger partial charge on any atom is 0.0645 e. The third-order valence-corrected chi connectivity index (χ3v) is 3.85. The quantitative estimate of drug-likeness (QED) is 0.470. The fraction of sp³-hybridized carbons (Fsp3) is 0. The highest BCUT2D eigenvalue weighted by Crippen LogP contribution is 2.37. The molecule has 0 saturated heterocycles. The number of nitrogen functional groups attached to an aromatic ring is 1. The summed E-state index contributed by atoms with van der Waals surface area (Å²) in [5.74, 6) is 0. The minimum absolute atomic E-state index is 0.297. The Balaban J connectivity index is 2.24. The van der Waals surface area contributed by atoms with E-state index in [0.717, 1.165) is 32.7 Å². The van der Waals surface area contributed by atoms with E-state index in [4.69, 9.17) is 8.48 Å². The van der Waals surface area contributed by atoms with Crippen LogP contribution in [0.4, 0.5) is 5.69 Å². The highest BCUT2D eigenvalue weighted by molar-refractivity contribution is 6.09. The van der Waals surface area contributed by atoms with Crippen molar-refractivity contribution in [2.75, 3.05) is 5.73 Å². The molecule has 0 heterocycles. The van der Waals surface area contributed by atoms with Gasteiger partial charge in [0.2, 0.25) is 0 Å². The second-order valence-electron chi connectivity index (χ2n) is 5.10. The second kappa shape index (κ2) is 4.64. The Kier molecular flexibility index (Phi) is 2.21. The van der Waals surface area contributed by atoms with Gasteiger partial charge in [-0.3, -0.25) is 0 Å². The molecule has 1 heteroatoms. The van der Waals surface area contributed by atoms with Crippen molar-refractivity contribution < 1.29 is 2.74 Å². The largest absolute Gasteiger partial charge is 0.398 e. The summed E-state index contributed by atoms with van der Waals surface area (Å²) < 4.78 is 16.6. The molecule has 0 saturated carbocycles. The molecule has 0 aliphatic rings. The number of hydrogen-bond donors (Lipinski definition) is 1. The molecule has 0 aliphatic carbocycles. The SMILES string of the molecule is [2H]c1cc2ccccc2c(-c2c([2H])ccc3ccccc23)c1N. The van der Waals surface area contributed by atoms with Crippen molar-refractivity contribution in [1.82, 2.24) is 0 Å². The molecule has 0 bridgehead atoms. The van der Waals surface area contributed by atoms with Gasteiger partial charge in [0, 0.05) is 11.3 Å². The molecule has 0 unspecified atom stereocenters. The molecule has 0 aromatic heterocycles. The lowest BCUT2D eigenvalue weighted by Crippen LogP contribution is -1.92. The van der Waals surface area contributed by atoms with Crippen molar-refractivity contribution in [2.24, 2.45) is 0 Å². The number of anilines is 1. The summed E-state index contributed by atoms with van der Waals surface area (Å²) in [6.45, 7) is 0. The zero-order valence-corrected chi connectivity index (χ0v) is 11.4. The Morgan fingerprint density at radius 2 is 1.29 bits per heavy atom. The predicted octanol–water partition coefficient (Wildman–Crippen LogP) is 5.24. The maximum atomic E-state index is 8.42. The molecule has 2 N–H and O–H groups in total. The number of nitrogens with two attached hydrogens (primary N) is 1. The number of benzene rings is 4. The summed E-state index contributed by atoms with van der Waals surface area (Å²) in [4.78, 5) is 0. The predicted molar refractivity (Wildman–Crippen MR) is 91.3 cm³/mol. The summed E-state index contributed by atoms with van der Waals surface area (Å²) in [6, 6.07) is 22.1. The van der Waals surface area contributed by atoms with Crippen molar-refractivity contribution in [3.8, 4) is 11.1 Å². The Hall–Kier alpha value is -2.80. The highest BCUT2D eigenvalue weighted by atomic mass is 14.6. The van der Waals surface area contributed by atoms with Crippen LogP contribution in [0, 0.1) is 0 Å². The first kappa shape index (κ1) is 10.0. The molecule has 4 aromatic rings. The maximum absolute atomic E-state index is 8.42. The third kappa shape index (κ3) is 1.86. The van der Waals surface area contributed by atoms with Gasteiger partial charge in [-0.15, -0.1) is 0 Å². The summed E-state index contributed by atoms with van der Waals surface area (Å²) in [5, 5.41) is 4.00. The molecular weight excluding hydrogens is 254 g/mol. The standard InChI is InChI=1S/C20H15N/c21-19-13-12-15-7-2-4-10-17(15)20(19)18-11-5-8-14-6-1-3-9-16(14)18/h1-13H,21H2/i11D,13D. The van der Waals surface area contributed by atoms with Crippen LogP contribution in [0.25, 0.3) is 32.7 Å². The average Bonchev–Trinajstić information content (AvgIpc) is 2.57. The Bertz CT molecular complexity index is 1050. The van der Waals surface area contributed by atoms with Gasteiger partial charge >= 0.3 is 0 Å². The lowest BCUT2D eigenvalue weighted by molar-refractivity contribution is 1.67. The van der Waals surface area contributed by atoms with Crippen LogP contribution in [0.5, 0.6) is 0 Å². The zero-order valence-electron chi connectivity index (χ0n) is 13.4. The number of fused-ring (bicyclic) bond motifs is 2. The van der Waals surface area contributed by atoms with Gasteiger partial charge in [0.1, 0.15) is 0 Å². The summed E-state index contributed by atoms with van der Waals surface area (Å²) in [5.41, 5.74) is 8.28. The van der Waals surface area contributed by atoms with Crippen LogP contribution in [-0.4, -0.2) is 0 Å². The molecule has 0 atom stereocenters. The third-order valence-electron chi connectivity index (χ3n) is 3.85. The van der Waals surface area contributed by atoms with Crippen molar-refractivity contribution in [2.45, 2.75) is 0 Å². The van der Waals surface area contributed by atoms with E-state index >= 15 is 0 Å². The molecule has 0 amide bonds. The van der Waals surface area contributed by atoms with Crippen molar-refractivity contribution >= 4 is 27.2 Å². The van der Waals surface area contributed by atoms with Crippen LogP contribution in [0.15, 0.2) is 78.8 Å². The van der Waals surface area contributed by atoms with Gasteiger partial charge in [0.05, 0.1) is 2.74 Å². The van der Waals surface area contributed by atoms with Gasteiger partial charge in [0.25, 0.3) is 0 Å². The van der Waals surface area contributed by atoms with Gasteiger partial charge in [-0.1, -0.05) is 72.8 Å². The van der Waals surface area contributed by atoms with Crippen molar-refractivity contribution in [3.63, 3.8) is 0 Å². The molecule has 0 aliphatic heterocycles. The Labute approximate surface area is 126 Å². The molecule has 4 rings (SSSR count). The zero-order chi connectivity index (χ0) is 16.0. The van der Waals surface area contributed by atoms with Gasteiger partial charge in [-0.2, -0.15) is 0 Å². The molecule has 100 valence electrons. The normalized spacial score (nSPS) is 12.4. The lowest BCUT2D eigenvalue weighted by Gasteiger charge is -2.13.